The maximum absolute atomic E-state index is 12.1. The van der Waals surface area contributed by atoms with Crippen molar-refractivity contribution in [2.75, 3.05) is 13.2 Å². The number of carbonyl (C=O) groups is 1. The lowest BCUT2D eigenvalue weighted by Crippen LogP contribution is -2.38. The fourth-order valence-electron chi connectivity index (χ4n) is 2.02. The van der Waals surface area contributed by atoms with E-state index in [2.05, 4.69) is 0 Å². The third-order valence-electron chi connectivity index (χ3n) is 3.10. The van der Waals surface area contributed by atoms with Crippen molar-refractivity contribution in [3.8, 4) is 5.75 Å². The summed E-state index contributed by atoms with van der Waals surface area (Å²) in [6.07, 6.45) is 1.51. The van der Waals surface area contributed by atoms with Crippen LogP contribution in [0.1, 0.15) is 32.3 Å². The quantitative estimate of drug-likeness (QED) is 0.792. The molecule has 0 aromatic heterocycles. The molecular formula is C15H23NO3. The number of phenols is 1. The highest BCUT2D eigenvalue weighted by atomic mass is 16.3. The molecule has 4 nitrogen and oxygen atoms in total. The summed E-state index contributed by atoms with van der Waals surface area (Å²) in [5, 5.41) is 18.5. The number of benzene rings is 1. The molecule has 1 rings (SSSR count). The standard InChI is InChI=1S/C15H23NO3/c1-12(2)16(10-5-11-17)15(19)9-8-13-6-3-4-7-14(13)18/h3-4,6-7,12,17-18H,5,8-11H2,1-2H3. The van der Waals surface area contributed by atoms with Gasteiger partial charge >= 0.3 is 0 Å². The summed E-state index contributed by atoms with van der Waals surface area (Å²) in [6.45, 7) is 4.61. The highest BCUT2D eigenvalue weighted by Gasteiger charge is 2.16. The number of para-hydroxylation sites is 1. The van der Waals surface area contributed by atoms with Gasteiger partial charge in [-0.3, -0.25) is 4.79 Å². The SMILES string of the molecule is CC(C)N(CCCO)C(=O)CCc1ccccc1O. The normalized spacial score (nSPS) is 10.7. The molecule has 1 aromatic carbocycles. The van der Waals surface area contributed by atoms with Crippen LogP contribution in [0.4, 0.5) is 0 Å². The number of hydrogen-bond acceptors (Lipinski definition) is 3. The molecule has 0 saturated heterocycles. The van der Waals surface area contributed by atoms with Crippen molar-refractivity contribution in [2.45, 2.75) is 39.2 Å². The first-order chi connectivity index (χ1) is 9.06. The first kappa shape index (κ1) is 15.5. The van der Waals surface area contributed by atoms with Crippen LogP contribution in [0, 0.1) is 0 Å². The predicted molar refractivity (Wildman–Crippen MR) is 75.0 cm³/mol. The molecule has 2 N–H and O–H groups in total. The van der Waals surface area contributed by atoms with Crippen LogP contribution in [-0.2, 0) is 11.2 Å². The Morgan fingerprint density at radius 3 is 2.58 bits per heavy atom. The van der Waals surface area contributed by atoms with Crippen LogP contribution in [0.2, 0.25) is 0 Å². The molecule has 0 aliphatic rings. The molecule has 1 aromatic rings. The van der Waals surface area contributed by atoms with Crippen LogP contribution < -0.4 is 0 Å². The monoisotopic (exact) mass is 265 g/mol. The average Bonchev–Trinajstić information content (AvgIpc) is 2.38. The molecular weight excluding hydrogens is 242 g/mol. The Kier molecular flexibility index (Phi) is 6.36. The second kappa shape index (κ2) is 7.79. The van der Waals surface area contributed by atoms with Gasteiger partial charge in [-0.25, -0.2) is 0 Å². The van der Waals surface area contributed by atoms with Gasteiger partial charge in [0.05, 0.1) is 0 Å². The smallest absolute Gasteiger partial charge is 0.223 e. The Balaban J connectivity index is 2.55. The number of hydrogen-bond donors (Lipinski definition) is 2. The lowest BCUT2D eigenvalue weighted by molar-refractivity contribution is -0.133. The van der Waals surface area contributed by atoms with E-state index >= 15 is 0 Å². The Bertz CT molecular complexity index is 404. The van der Waals surface area contributed by atoms with Gasteiger partial charge in [0.15, 0.2) is 0 Å². The van der Waals surface area contributed by atoms with Crippen molar-refractivity contribution in [3.05, 3.63) is 29.8 Å². The summed E-state index contributed by atoms with van der Waals surface area (Å²) < 4.78 is 0. The third kappa shape index (κ3) is 4.91. The molecule has 0 atom stereocenters. The fraction of sp³-hybridized carbons (Fsp3) is 0.533. The van der Waals surface area contributed by atoms with E-state index in [1.807, 2.05) is 26.0 Å². The van der Waals surface area contributed by atoms with Crippen LogP contribution in [0.25, 0.3) is 0 Å². The molecule has 19 heavy (non-hydrogen) atoms. The van der Waals surface area contributed by atoms with E-state index in [1.54, 1.807) is 17.0 Å². The van der Waals surface area contributed by atoms with Crippen molar-refractivity contribution >= 4 is 5.91 Å². The van der Waals surface area contributed by atoms with Crippen LogP contribution >= 0.6 is 0 Å². The van der Waals surface area contributed by atoms with Crippen LogP contribution in [0.5, 0.6) is 5.75 Å². The van der Waals surface area contributed by atoms with Gasteiger partial charge in [-0.2, -0.15) is 0 Å². The maximum Gasteiger partial charge on any atom is 0.223 e. The van der Waals surface area contributed by atoms with E-state index in [4.69, 9.17) is 5.11 Å². The fourth-order valence-corrected chi connectivity index (χ4v) is 2.02. The van der Waals surface area contributed by atoms with E-state index in [0.717, 1.165) is 5.56 Å². The Morgan fingerprint density at radius 1 is 1.32 bits per heavy atom. The number of amides is 1. The Hall–Kier alpha value is -1.55. The molecule has 1 amide bonds. The van der Waals surface area contributed by atoms with Gasteiger partial charge in [-0.05, 0) is 38.3 Å². The molecule has 0 fully saturated rings. The van der Waals surface area contributed by atoms with E-state index in [0.29, 0.717) is 25.8 Å². The van der Waals surface area contributed by atoms with Gasteiger partial charge in [0.25, 0.3) is 0 Å². The summed E-state index contributed by atoms with van der Waals surface area (Å²) in [6, 6.07) is 7.21. The molecule has 0 aliphatic carbocycles. The number of nitrogens with zero attached hydrogens (tertiary/aromatic N) is 1. The minimum absolute atomic E-state index is 0.0618. The van der Waals surface area contributed by atoms with Crippen molar-refractivity contribution in [2.24, 2.45) is 0 Å². The summed E-state index contributed by atoms with van der Waals surface area (Å²) in [4.78, 5) is 13.9. The zero-order chi connectivity index (χ0) is 14.3. The minimum Gasteiger partial charge on any atom is -0.508 e. The van der Waals surface area contributed by atoms with Gasteiger partial charge in [0.1, 0.15) is 5.75 Å². The molecule has 0 aliphatic heterocycles. The summed E-state index contributed by atoms with van der Waals surface area (Å²) in [7, 11) is 0. The summed E-state index contributed by atoms with van der Waals surface area (Å²) >= 11 is 0. The minimum atomic E-state index is 0.0618. The first-order valence-corrected chi connectivity index (χ1v) is 6.73. The topological polar surface area (TPSA) is 60.8 Å². The largest absolute Gasteiger partial charge is 0.508 e. The van der Waals surface area contributed by atoms with Gasteiger partial charge in [-0.15, -0.1) is 0 Å². The van der Waals surface area contributed by atoms with Crippen LogP contribution in [0.15, 0.2) is 24.3 Å². The summed E-state index contributed by atoms with van der Waals surface area (Å²) in [5.41, 5.74) is 0.793. The van der Waals surface area contributed by atoms with E-state index in [-0.39, 0.29) is 24.3 Å². The van der Waals surface area contributed by atoms with Crippen molar-refractivity contribution in [1.82, 2.24) is 4.90 Å². The molecule has 0 saturated carbocycles. The Labute approximate surface area is 114 Å². The zero-order valence-electron chi connectivity index (χ0n) is 11.7. The van der Waals surface area contributed by atoms with Gasteiger partial charge < -0.3 is 15.1 Å². The van der Waals surface area contributed by atoms with Crippen molar-refractivity contribution < 1.29 is 15.0 Å². The molecule has 106 valence electrons. The molecule has 0 spiro atoms. The lowest BCUT2D eigenvalue weighted by Gasteiger charge is -2.26. The highest BCUT2D eigenvalue weighted by molar-refractivity contribution is 5.76. The molecule has 0 radical (unpaired) electrons. The maximum atomic E-state index is 12.1. The van der Waals surface area contributed by atoms with Gasteiger partial charge in [-0.1, -0.05) is 18.2 Å². The van der Waals surface area contributed by atoms with E-state index in [9.17, 15) is 9.90 Å². The number of aryl methyl sites for hydroxylation is 1. The highest BCUT2D eigenvalue weighted by Crippen LogP contribution is 2.18. The van der Waals surface area contributed by atoms with E-state index < -0.39 is 0 Å². The first-order valence-electron chi connectivity index (χ1n) is 6.73. The molecule has 0 unspecified atom stereocenters. The Morgan fingerprint density at radius 2 is 2.00 bits per heavy atom. The van der Waals surface area contributed by atoms with E-state index in [1.165, 1.54) is 0 Å². The number of phenolic OH excluding ortho intramolecular Hbond substituents is 1. The molecule has 0 heterocycles. The number of aliphatic hydroxyl groups is 1. The second-order valence-corrected chi connectivity index (χ2v) is 4.89. The van der Waals surface area contributed by atoms with Gasteiger partial charge in [0, 0.05) is 25.6 Å². The third-order valence-corrected chi connectivity index (χ3v) is 3.10. The second-order valence-electron chi connectivity index (χ2n) is 4.89. The molecule has 4 heteroatoms. The van der Waals surface area contributed by atoms with Crippen LogP contribution in [-0.4, -0.2) is 40.2 Å². The van der Waals surface area contributed by atoms with Gasteiger partial charge in [0.2, 0.25) is 5.91 Å². The zero-order valence-corrected chi connectivity index (χ0v) is 11.7. The van der Waals surface area contributed by atoms with Crippen molar-refractivity contribution in [3.63, 3.8) is 0 Å². The molecule has 0 bridgehead atoms. The predicted octanol–water partition coefficient (Wildman–Crippen LogP) is 1.94. The average molecular weight is 265 g/mol. The number of carbonyl (C=O) groups excluding carboxylic acids is 1. The lowest BCUT2D eigenvalue weighted by atomic mass is 10.1. The van der Waals surface area contributed by atoms with Crippen LogP contribution in [0.3, 0.4) is 0 Å². The van der Waals surface area contributed by atoms with Crippen molar-refractivity contribution in [1.29, 1.82) is 0 Å². The summed E-state index contributed by atoms with van der Waals surface area (Å²) in [5.74, 6) is 0.299. The number of aliphatic hydroxyl groups excluding tert-OH is 1. The number of aromatic hydroxyl groups is 1. The number of rotatable bonds is 7.